The highest BCUT2D eigenvalue weighted by molar-refractivity contribution is 8.07. The number of sulfone groups is 1. The molecule has 0 atom stereocenters. The van der Waals surface area contributed by atoms with E-state index < -0.39 is 27.0 Å². The summed E-state index contributed by atoms with van der Waals surface area (Å²) >= 11 is 0. The first kappa shape index (κ1) is 13.7. The van der Waals surface area contributed by atoms with Gasteiger partial charge in [0.05, 0.1) is 11.8 Å². The van der Waals surface area contributed by atoms with Crippen LogP contribution >= 0.6 is 0 Å². The van der Waals surface area contributed by atoms with Gasteiger partial charge in [-0.1, -0.05) is 5.16 Å². The lowest BCUT2D eigenvalue weighted by Crippen LogP contribution is -2.26. The smallest absolute Gasteiger partial charge is 0.202 e. The summed E-state index contributed by atoms with van der Waals surface area (Å²) in [5, 5.41) is 7.33. The van der Waals surface area contributed by atoms with Crippen LogP contribution in [0.5, 0.6) is 0 Å². The Morgan fingerprint density at radius 2 is 2.21 bits per heavy atom. The number of aryl methyl sites for hydroxylation is 1. The van der Waals surface area contributed by atoms with E-state index in [1.54, 1.807) is 20.9 Å². The van der Waals surface area contributed by atoms with Gasteiger partial charge in [-0.15, -0.1) is 0 Å². The van der Waals surface area contributed by atoms with Crippen molar-refractivity contribution < 1.29 is 18.0 Å². The first-order chi connectivity index (χ1) is 8.70. The summed E-state index contributed by atoms with van der Waals surface area (Å²) in [6.45, 7) is 3.48. The molecule has 0 N–H and O–H groups in total. The normalized spacial score (nSPS) is 17.9. The molecule has 7 nitrogen and oxygen atoms in total. The Morgan fingerprint density at radius 3 is 2.68 bits per heavy atom. The third-order valence-electron chi connectivity index (χ3n) is 2.68. The number of rotatable bonds is 3. The molecule has 0 spiro atoms. The minimum absolute atomic E-state index is 0.0743. The molecule has 0 amide bonds. The maximum Gasteiger partial charge on any atom is 0.202 e. The highest BCUT2D eigenvalue weighted by Crippen LogP contribution is 2.25. The van der Waals surface area contributed by atoms with E-state index in [0.717, 1.165) is 0 Å². The highest BCUT2D eigenvalue weighted by atomic mass is 32.2. The molecule has 8 heteroatoms. The van der Waals surface area contributed by atoms with Crippen LogP contribution in [0.25, 0.3) is 0 Å². The molecule has 0 unspecified atom stereocenters. The number of hydrogen-bond donors (Lipinski definition) is 0. The average Bonchev–Trinajstić information content (AvgIpc) is 2.84. The summed E-state index contributed by atoms with van der Waals surface area (Å²) in [7, 11) is -2.08. The van der Waals surface area contributed by atoms with Crippen molar-refractivity contribution in [3.63, 3.8) is 0 Å². The minimum Gasteiger partial charge on any atom is -0.389 e. The van der Waals surface area contributed by atoms with Crippen molar-refractivity contribution in [2.75, 3.05) is 5.75 Å². The SMILES string of the molecule is Cn1cc(C(=O)CS(=O)(=O)C2=NOC(C)(C)C2)cn1. The standard InChI is InChI=1S/C11H15N3O4S/c1-11(2)4-10(13-18-11)19(16,17)7-9(15)8-5-12-14(3)6-8/h5-6H,4,7H2,1-3H3. The van der Waals surface area contributed by atoms with E-state index in [0.29, 0.717) is 0 Å². The summed E-state index contributed by atoms with van der Waals surface area (Å²) in [6, 6.07) is 0. The van der Waals surface area contributed by atoms with Crippen LogP contribution in [-0.4, -0.2) is 40.4 Å². The predicted octanol–water partition coefficient (Wildman–Crippen LogP) is 0.530. The van der Waals surface area contributed by atoms with E-state index in [1.165, 1.54) is 17.1 Å². The lowest BCUT2D eigenvalue weighted by atomic mass is 10.1. The van der Waals surface area contributed by atoms with Gasteiger partial charge in [0.1, 0.15) is 11.4 Å². The van der Waals surface area contributed by atoms with Crippen LogP contribution in [0.4, 0.5) is 0 Å². The molecule has 0 saturated carbocycles. The fourth-order valence-corrected chi connectivity index (χ4v) is 3.07. The Labute approximate surface area is 111 Å². The third-order valence-corrected chi connectivity index (χ3v) is 4.26. The van der Waals surface area contributed by atoms with Gasteiger partial charge in [0.2, 0.25) is 9.84 Å². The van der Waals surface area contributed by atoms with Crippen molar-refractivity contribution in [1.29, 1.82) is 0 Å². The summed E-state index contributed by atoms with van der Waals surface area (Å²) in [6.07, 6.45) is 3.00. The number of carbonyl (C=O) groups is 1. The number of ketones is 1. The van der Waals surface area contributed by atoms with Gasteiger partial charge in [-0.05, 0) is 13.8 Å². The molecule has 1 aromatic heterocycles. The van der Waals surface area contributed by atoms with Gasteiger partial charge in [0, 0.05) is 19.7 Å². The molecule has 0 saturated heterocycles. The number of hydrogen-bond acceptors (Lipinski definition) is 6. The van der Waals surface area contributed by atoms with Gasteiger partial charge in [0.15, 0.2) is 10.8 Å². The average molecular weight is 285 g/mol. The van der Waals surface area contributed by atoms with E-state index in [4.69, 9.17) is 4.84 Å². The summed E-state index contributed by atoms with van der Waals surface area (Å²) in [5.74, 6) is -1.11. The van der Waals surface area contributed by atoms with Crippen LogP contribution in [0.2, 0.25) is 0 Å². The number of aromatic nitrogens is 2. The van der Waals surface area contributed by atoms with Crippen molar-refractivity contribution in [2.45, 2.75) is 25.9 Å². The van der Waals surface area contributed by atoms with E-state index in [9.17, 15) is 13.2 Å². The van der Waals surface area contributed by atoms with Crippen LogP contribution < -0.4 is 0 Å². The molecule has 2 heterocycles. The summed E-state index contributed by atoms with van der Waals surface area (Å²) in [5.41, 5.74) is -0.371. The molecule has 0 fully saturated rings. The molecule has 0 aliphatic carbocycles. The van der Waals surface area contributed by atoms with Crippen molar-refractivity contribution in [3.8, 4) is 0 Å². The van der Waals surface area contributed by atoms with Crippen molar-refractivity contribution >= 4 is 20.7 Å². The minimum atomic E-state index is -3.73. The molecule has 0 bridgehead atoms. The predicted molar refractivity (Wildman–Crippen MR) is 68.5 cm³/mol. The molecule has 1 aliphatic heterocycles. The molecule has 104 valence electrons. The zero-order valence-corrected chi connectivity index (χ0v) is 11.8. The van der Waals surface area contributed by atoms with Crippen LogP contribution in [0.1, 0.15) is 30.6 Å². The zero-order chi connectivity index (χ0) is 14.3. The van der Waals surface area contributed by atoms with Crippen molar-refractivity contribution in [1.82, 2.24) is 9.78 Å². The maximum atomic E-state index is 12.1. The molecule has 1 aliphatic rings. The molecular weight excluding hydrogens is 270 g/mol. The Morgan fingerprint density at radius 1 is 1.53 bits per heavy atom. The second-order valence-corrected chi connectivity index (χ2v) is 7.09. The Balaban J connectivity index is 2.13. The van der Waals surface area contributed by atoms with E-state index in [1.807, 2.05) is 0 Å². The van der Waals surface area contributed by atoms with Crippen molar-refractivity contribution in [2.24, 2.45) is 12.2 Å². The summed E-state index contributed by atoms with van der Waals surface area (Å²) < 4.78 is 25.5. The van der Waals surface area contributed by atoms with Gasteiger partial charge in [-0.2, -0.15) is 5.10 Å². The number of oxime groups is 1. The van der Waals surface area contributed by atoms with Crippen LogP contribution in [0.15, 0.2) is 17.5 Å². The van der Waals surface area contributed by atoms with Gasteiger partial charge in [-0.25, -0.2) is 8.42 Å². The van der Waals surface area contributed by atoms with E-state index in [-0.39, 0.29) is 17.0 Å². The molecule has 1 aromatic rings. The van der Waals surface area contributed by atoms with Crippen LogP contribution in [-0.2, 0) is 21.7 Å². The molecule has 19 heavy (non-hydrogen) atoms. The zero-order valence-electron chi connectivity index (χ0n) is 11.0. The maximum absolute atomic E-state index is 12.1. The topological polar surface area (TPSA) is 90.6 Å². The third kappa shape index (κ3) is 3.01. The van der Waals surface area contributed by atoms with Crippen LogP contribution in [0.3, 0.4) is 0 Å². The van der Waals surface area contributed by atoms with Gasteiger partial charge in [0.25, 0.3) is 0 Å². The Bertz CT molecular complexity index is 643. The second-order valence-electron chi connectivity index (χ2n) is 5.10. The molecule has 0 aromatic carbocycles. The lowest BCUT2D eigenvalue weighted by molar-refractivity contribution is 0.0123. The van der Waals surface area contributed by atoms with E-state index in [2.05, 4.69) is 10.3 Å². The largest absolute Gasteiger partial charge is 0.389 e. The van der Waals surface area contributed by atoms with Crippen molar-refractivity contribution in [3.05, 3.63) is 18.0 Å². The number of nitrogens with zero attached hydrogens (tertiary/aromatic N) is 3. The number of carbonyl (C=O) groups excluding carboxylic acids is 1. The Hall–Kier alpha value is -1.70. The lowest BCUT2D eigenvalue weighted by Gasteiger charge is -2.13. The fraction of sp³-hybridized carbons (Fsp3) is 0.545. The monoisotopic (exact) mass is 285 g/mol. The first-order valence-electron chi connectivity index (χ1n) is 5.69. The molecule has 2 rings (SSSR count). The summed E-state index contributed by atoms with van der Waals surface area (Å²) in [4.78, 5) is 16.9. The Kier molecular flexibility index (Phi) is 3.21. The second kappa shape index (κ2) is 4.44. The highest BCUT2D eigenvalue weighted by Gasteiger charge is 2.37. The van der Waals surface area contributed by atoms with Gasteiger partial charge in [-0.3, -0.25) is 9.48 Å². The first-order valence-corrected chi connectivity index (χ1v) is 7.34. The molecule has 0 radical (unpaired) electrons. The number of Topliss-reactive ketones (excluding diaryl/α,β-unsaturated/α-hetero) is 1. The van der Waals surface area contributed by atoms with E-state index >= 15 is 0 Å². The van der Waals surface area contributed by atoms with Crippen LogP contribution in [0, 0.1) is 0 Å². The van der Waals surface area contributed by atoms with Gasteiger partial charge >= 0.3 is 0 Å². The molecular formula is C11H15N3O4S. The fourth-order valence-electron chi connectivity index (χ4n) is 1.67. The van der Waals surface area contributed by atoms with Gasteiger partial charge < -0.3 is 4.84 Å². The quantitative estimate of drug-likeness (QED) is 0.755.